The molecule has 0 radical (unpaired) electrons. The Bertz CT molecular complexity index is 822. The van der Waals surface area contributed by atoms with Gasteiger partial charge in [-0.2, -0.15) is 0 Å². The Morgan fingerprint density at radius 3 is 2.84 bits per heavy atom. The van der Waals surface area contributed by atoms with Gasteiger partial charge in [-0.3, -0.25) is 0 Å². The summed E-state index contributed by atoms with van der Waals surface area (Å²) in [4.78, 5) is 0. The zero-order chi connectivity index (χ0) is 12.8. The number of rotatable bonds is 1. The summed E-state index contributed by atoms with van der Waals surface area (Å²) in [6.07, 6.45) is 9.42. The van der Waals surface area contributed by atoms with Crippen LogP contribution >= 0.6 is 0 Å². The van der Waals surface area contributed by atoms with Crippen LogP contribution < -0.4 is 0 Å². The molecule has 0 amide bonds. The molecule has 19 heavy (non-hydrogen) atoms. The summed E-state index contributed by atoms with van der Waals surface area (Å²) in [6, 6.07) is 11.2. The fraction of sp³-hybridized carbons (Fsp3) is 0.105. The Balaban J connectivity index is 2.21. The molecule has 2 aromatic carbocycles. The lowest BCUT2D eigenvalue weighted by atomic mass is 9.98. The van der Waals surface area contributed by atoms with Crippen LogP contribution in [-0.4, -0.2) is 0 Å². The Morgan fingerprint density at radius 2 is 1.95 bits per heavy atom. The van der Waals surface area contributed by atoms with Crippen LogP contribution in [0.3, 0.4) is 0 Å². The van der Waals surface area contributed by atoms with Crippen molar-refractivity contribution < 1.29 is 0 Å². The summed E-state index contributed by atoms with van der Waals surface area (Å²) in [7, 11) is 0. The van der Waals surface area contributed by atoms with E-state index in [4.69, 9.17) is 0 Å². The highest BCUT2D eigenvalue weighted by molar-refractivity contribution is 6.22. The molecule has 2 aliphatic rings. The molecule has 2 aliphatic carbocycles. The predicted molar refractivity (Wildman–Crippen MR) is 81.9 cm³/mol. The van der Waals surface area contributed by atoms with Gasteiger partial charge in [-0.15, -0.1) is 5.73 Å². The van der Waals surface area contributed by atoms with E-state index in [1.165, 1.54) is 38.6 Å². The van der Waals surface area contributed by atoms with Crippen molar-refractivity contribution in [3.63, 3.8) is 0 Å². The first-order chi connectivity index (χ1) is 9.40. The monoisotopic (exact) mass is 242 g/mol. The minimum absolute atomic E-state index is 1.08. The third-order valence-corrected chi connectivity index (χ3v) is 4.04. The van der Waals surface area contributed by atoms with Gasteiger partial charge in [0.2, 0.25) is 0 Å². The van der Waals surface area contributed by atoms with Crippen molar-refractivity contribution in [2.24, 2.45) is 0 Å². The van der Waals surface area contributed by atoms with Crippen LogP contribution in [0, 0.1) is 0 Å². The lowest BCUT2D eigenvalue weighted by Gasteiger charge is -2.06. The quantitative estimate of drug-likeness (QED) is 0.623. The molecule has 0 spiro atoms. The highest BCUT2D eigenvalue weighted by atomic mass is 14.3. The molecule has 4 rings (SSSR count). The summed E-state index contributed by atoms with van der Waals surface area (Å²) in [6.45, 7) is 2.22. The third kappa shape index (κ3) is 1.35. The van der Waals surface area contributed by atoms with Gasteiger partial charge >= 0.3 is 0 Å². The van der Waals surface area contributed by atoms with Crippen molar-refractivity contribution >= 4 is 21.9 Å². The van der Waals surface area contributed by atoms with Crippen molar-refractivity contribution in [1.82, 2.24) is 0 Å². The summed E-state index contributed by atoms with van der Waals surface area (Å²) in [5, 5.41) is 2.80. The third-order valence-electron chi connectivity index (χ3n) is 4.04. The van der Waals surface area contributed by atoms with E-state index in [-0.39, 0.29) is 0 Å². The molecule has 0 aliphatic heterocycles. The molecule has 0 nitrogen and oxygen atoms in total. The molecule has 0 N–H and O–H groups in total. The normalized spacial score (nSPS) is 15.2. The van der Waals surface area contributed by atoms with Gasteiger partial charge in [0.1, 0.15) is 0 Å². The average Bonchev–Trinajstić information content (AvgIpc) is 2.64. The lowest BCUT2D eigenvalue weighted by molar-refractivity contribution is 1.16. The maximum absolute atomic E-state index is 3.42. The molecule has 0 bridgehead atoms. The number of fused-ring (bicyclic) bond motifs is 3. The molecule has 0 saturated heterocycles. The minimum atomic E-state index is 1.08. The van der Waals surface area contributed by atoms with Crippen molar-refractivity contribution in [3.05, 3.63) is 77.1 Å². The number of allylic oxidation sites excluding steroid dienone is 5. The van der Waals surface area contributed by atoms with E-state index in [0.29, 0.717) is 0 Å². The molecule has 0 unspecified atom stereocenters. The zero-order valence-corrected chi connectivity index (χ0v) is 10.9. The smallest absolute Gasteiger partial charge is 0.0322 e. The zero-order valence-electron chi connectivity index (χ0n) is 10.9. The van der Waals surface area contributed by atoms with Crippen molar-refractivity contribution in [2.75, 3.05) is 0 Å². The van der Waals surface area contributed by atoms with Gasteiger partial charge in [0.25, 0.3) is 0 Å². The average molecular weight is 242 g/mol. The van der Waals surface area contributed by atoms with Gasteiger partial charge < -0.3 is 0 Å². The van der Waals surface area contributed by atoms with Crippen LogP contribution in [0.15, 0.2) is 60.4 Å². The van der Waals surface area contributed by atoms with Crippen molar-refractivity contribution in [2.45, 2.75) is 13.3 Å². The van der Waals surface area contributed by atoms with Crippen LogP contribution in [0.2, 0.25) is 0 Å². The first-order valence-corrected chi connectivity index (χ1v) is 6.79. The fourth-order valence-electron chi connectivity index (χ4n) is 3.16. The molecule has 90 valence electrons. The second kappa shape index (κ2) is 3.85. The molecule has 0 heteroatoms. The SMILES string of the molecule is CCc1ccc2c3c(cccc13)C1=CC=CC=C=C12. The second-order valence-electron chi connectivity index (χ2n) is 5.01. The number of benzene rings is 2. The van der Waals surface area contributed by atoms with E-state index in [2.05, 4.69) is 55.1 Å². The maximum Gasteiger partial charge on any atom is 0.0322 e. The highest BCUT2D eigenvalue weighted by Gasteiger charge is 2.24. The Kier molecular flexibility index (Phi) is 2.15. The number of aryl methyl sites for hydroxylation is 1. The van der Waals surface area contributed by atoms with Crippen LogP contribution in [-0.2, 0) is 6.42 Å². The van der Waals surface area contributed by atoms with Crippen molar-refractivity contribution in [1.29, 1.82) is 0 Å². The Morgan fingerprint density at radius 1 is 1.00 bits per heavy atom. The van der Waals surface area contributed by atoms with Crippen LogP contribution in [0.25, 0.3) is 21.9 Å². The maximum atomic E-state index is 3.42. The number of hydrogen-bond acceptors (Lipinski definition) is 0. The first-order valence-electron chi connectivity index (χ1n) is 6.79. The van der Waals surface area contributed by atoms with Gasteiger partial charge in [-0.1, -0.05) is 55.5 Å². The molecule has 2 aromatic rings. The molecule has 0 atom stereocenters. The minimum Gasteiger partial charge on any atom is -0.112 e. The summed E-state index contributed by atoms with van der Waals surface area (Å²) in [5.74, 6) is 0. The molecular weight excluding hydrogens is 228 g/mol. The van der Waals surface area contributed by atoms with Gasteiger partial charge in [-0.05, 0) is 45.5 Å². The Labute approximate surface area is 113 Å². The van der Waals surface area contributed by atoms with E-state index in [1.54, 1.807) is 0 Å². The molecular formula is C19H14. The molecule has 0 aromatic heterocycles. The van der Waals surface area contributed by atoms with Crippen LogP contribution in [0.4, 0.5) is 0 Å². The van der Waals surface area contributed by atoms with E-state index in [1.807, 2.05) is 12.2 Å². The lowest BCUT2D eigenvalue weighted by Crippen LogP contribution is -1.86. The molecule has 0 heterocycles. The highest BCUT2D eigenvalue weighted by Crippen LogP contribution is 2.46. The largest absolute Gasteiger partial charge is 0.112 e. The topological polar surface area (TPSA) is 0 Å². The standard InChI is InChI=1S/C19H14/c1-2-13-11-12-18-16-8-5-3-4-7-15(16)17-10-6-9-14(13)19(17)18/h3-7,9-12H,2H2,1H3. The summed E-state index contributed by atoms with van der Waals surface area (Å²) >= 11 is 0. The summed E-state index contributed by atoms with van der Waals surface area (Å²) < 4.78 is 0. The number of hydrogen-bond donors (Lipinski definition) is 0. The molecule has 0 fully saturated rings. The van der Waals surface area contributed by atoms with E-state index in [0.717, 1.165) is 6.42 Å². The first kappa shape index (κ1) is 10.6. The van der Waals surface area contributed by atoms with Gasteiger partial charge in [0.05, 0.1) is 0 Å². The van der Waals surface area contributed by atoms with Crippen LogP contribution in [0.1, 0.15) is 23.6 Å². The fourth-order valence-corrected chi connectivity index (χ4v) is 3.16. The van der Waals surface area contributed by atoms with E-state index in [9.17, 15) is 0 Å². The van der Waals surface area contributed by atoms with Crippen LogP contribution in [0.5, 0.6) is 0 Å². The van der Waals surface area contributed by atoms with Gasteiger partial charge in [0.15, 0.2) is 0 Å². The van der Waals surface area contributed by atoms with E-state index < -0.39 is 0 Å². The van der Waals surface area contributed by atoms with Gasteiger partial charge in [0, 0.05) is 5.57 Å². The summed E-state index contributed by atoms with van der Waals surface area (Å²) in [5.41, 5.74) is 10.1. The van der Waals surface area contributed by atoms with E-state index >= 15 is 0 Å². The Hall–Kier alpha value is -2.30. The van der Waals surface area contributed by atoms with Gasteiger partial charge in [-0.25, -0.2) is 0 Å². The predicted octanol–water partition coefficient (Wildman–Crippen LogP) is 4.91. The molecule has 0 saturated carbocycles. The van der Waals surface area contributed by atoms with Crippen molar-refractivity contribution in [3.8, 4) is 0 Å². The second-order valence-corrected chi connectivity index (χ2v) is 5.01.